The number of aryl methyl sites for hydroxylation is 1. The number of carboxylic acid groups (broad SMARTS) is 1. The number of carboxylic acids is 1. The summed E-state index contributed by atoms with van der Waals surface area (Å²) in [6.07, 6.45) is 4.07. The second-order valence-corrected chi connectivity index (χ2v) is 9.86. The fourth-order valence-electron chi connectivity index (χ4n) is 4.61. The van der Waals surface area contributed by atoms with E-state index in [-0.39, 0.29) is 6.10 Å². The van der Waals surface area contributed by atoms with Crippen molar-refractivity contribution in [2.45, 2.75) is 51.2 Å². The maximum absolute atomic E-state index is 11.3. The summed E-state index contributed by atoms with van der Waals surface area (Å²) in [6, 6.07) is 10.9. The molecule has 1 N–H and O–H groups in total. The highest BCUT2D eigenvalue weighted by molar-refractivity contribution is 6.39. The average Bonchev–Trinajstić information content (AvgIpc) is 3.58. The molecule has 1 aliphatic heterocycles. The molecule has 1 aromatic heterocycles. The third-order valence-corrected chi connectivity index (χ3v) is 7.31. The second-order valence-electron chi connectivity index (χ2n) is 9.05. The smallest absolute Gasteiger partial charge is 0.335 e. The van der Waals surface area contributed by atoms with Gasteiger partial charge in [-0.15, -0.1) is 0 Å². The van der Waals surface area contributed by atoms with E-state index in [1.807, 2.05) is 25.1 Å². The Kier molecular flexibility index (Phi) is 6.56. The normalized spacial score (nSPS) is 16.7. The van der Waals surface area contributed by atoms with Crippen molar-refractivity contribution in [2.24, 2.45) is 0 Å². The standard InChI is InChI=1S/C26H26Cl2N2O4/c1-15-13-17(7-8-19(15)26(31)32)30-11-9-18(10-12-30)33-14-20-24(29-34-25(20)16-5-6-16)23-21(27)3-2-4-22(23)28/h2-4,7-8,13,16,18H,5-6,9-12,14H2,1H3,(H,31,32). The number of aromatic nitrogens is 1. The summed E-state index contributed by atoms with van der Waals surface area (Å²) >= 11 is 12.9. The minimum absolute atomic E-state index is 0.118. The molecule has 0 amide bonds. The van der Waals surface area contributed by atoms with Crippen LogP contribution in [0.5, 0.6) is 0 Å². The highest BCUT2D eigenvalue weighted by Gasteiger charge is 2.34. The Morgan fingerprint density at radius 2 is 1.85 bits per heavy atom. The van der Waals surface area contributed by atoms with Crippen LogP contribution in [0.2, 0.25) is 10.0 Å². The number of halogens is 2. The fraction of sp³-hybridized carbons (Fsp3) is 0.385. The average molecular weight is 501 g/mol. The summed E-state index contributed by atoms with van der Waals surface area (Å²) in [5.41, 5.74) is 4.47. The molecule has 34 heavy (non-hydrogen) atoms. The number of carbonyl (C=O) groups is 1. The molecule has 5 rings (SSSR count). The van der Waals surface area contributed by atoms with Crippen LogP contribution in [0.15, 0.2) is 40.9 Å². The fourth-order valence-corrected chi connectivity index (χ4v) is 5.19. The van der Waals surface area contributed by atoms with E-state index >= 15 is 0 Å². The van der Waals surface area contributed by atoms with Gasteiger partial charge < -0.3 is 19.3 Å². The Balaban J connectivity index is 1.27. The van der Waals surface area contributed by atoms with Gasteiger partial charge in [-0.2, -0.15) is 0 Å². The van der Waals surface area contributed by atoms with E-state index in [0.717, 1.165) is 61.3 Å². The number of anilines is 1. The molecule has 178 valence electrons. The van der Waals surface area contributed by atoms with Crippen LogP contribution in [0.4, 0.5) is 5.69 Å². The molecule has 6 nitrogen and oxygen atoms in total. The van der Waals surface area contributed by atoms with Crippen LogP contribution in [0.3, 0.4) is 0 Å². The summed E-state index contributed by atoms with van der Waals surface area (Å²) in [6.45, 7) is 3.93. The van der Waals surface area contributed by atoms with E-state index in [1.54, 1.807) is 18.2 Å². The van der Waals surface area contributed by atoms with Crippen molar-refractivity contribution in [1.82, 2.24) is 5.16 Å². The zero-order chi connectivity index (χ0) is 23.8. The quantitative estimate of drug-likeness (QED) is 0.388. The third kappa shape index (κ3) is 4.67. The Labute approximate surface area is 208 Å². The molecule has 2 fully saturated rings. The first-order valence-corrected chi connectivity index (χ1v) is 12.3. The van der Waals surface area contributed by atoms with Gasteiger partial charge in [-0.05, 0) is 68.5 Å². The zero-order valence-electron chi connectivity index (χ0n) is 18.9. The number of rotatable bonds is 7. The molecule has 2 aromatic carbocycles. The molecule has 0 bridgehead atoms. The van der Waals surface area contributed by atoms with Gasteiger partial charge >= 0.3 is 5.97 Å². The summed E-state index contributed by atoms with van der Waals surface area (Å²) in [5.74, 6) is 0.380. The van der Waals surface area contributed by atoms with Gasteiger partial charge in [0.1, 0.15) is 11.5 Å². The van der Waals surface area contributed by atoms with Crippen LogP contribution < -0.4 is 4.90 Å². The molecule has 8 heteroatoms. The molecule has 2 aliphatic rings. The minimum Gasteiger partial charge on any atom is -0.478 e. The van der Waals surface area contributed by atoms with Crippen molar-refractivity contribution < 1.29 is 19.2 Å². The Morgan fingerprint density at radius 3 is 2.47 bits per heavy atom. The van der Waals surface area contributed by atoms with Gasteiger partial charge in [0.15, 0.2) is 0 Å². The molecular weight excluding hydrogens is 475 g/mol. The second kappa shape index (κ2) is 9.61. The van der Waals surface area contributed by atoms with Crippen molar-refractivity contribution in [3.8, 4) is 11.3 Å². The molecule has 0 radical (unpaired) electrons. The van der Waals surface area contributed by atoms with Gasteiger partial charge in [-0.3, -0.25) is 0 Å². The predicted molar refractivity (Wildman–Crippen MR) is 132 cm³/mol. The van der Waals surface area contributed by atoms with Crippen LogP contribution in [-0.2, 0) is 11.3 Å². The van der Waals surface area contributed by atoms with E-state index in [4.69, 9.17) is 32.5 Å². The molecule has 1 saturated carbocycles. The van der Waals surface area contributed by atoms with Crippen molar-refractivity contribution in [2.75, 3.05) is 18.0 Å². The first kappa shape index (κ1) is 23.2. The van der Waals surface area contributed by atoms with E-state index in [2.05, 4.69) is 10.1 Å². The molecule has 2 heterocycles. The molecule has 1 saturated heterocycles. The number of hydrogen-bond acceptors (Lipinski definition) is 5. The van der Waals surface area contributed by atoms with E-state index in [9.17, 15) is 9.90 Å². The van der Waals surface area contributed by atoms with Crippen molar-refractivity contribution in [1.29, 1.82) is 0 Å². The van der Waals surface area contributed by atoms with Crippen LogP contribution >= 0.6 is 23.2 Å². The Hall–Kier alpha value is -2.54. The van der Waals surface area contributed by atoms with Gasteiger partial charge in [0.2, 0.25) is 0 Å². The first-order chi connectivity index (χ1) is 16.4. The number of benzene rings is 2. The van der Waals surface area contributed by atoms with Gasteiger partial charge in [0, 0.05) is 35.8 Å². The van der Waals surface area contributed by atoms with Crippen molar-refractivity contribution in [3.05, 3.63) is 68.9 Å². The SMILES string of the molecule is Cc1cc(N2CCC(OCc3c(-c4c(Cl)cccc4Cl)noc3C3CC3)CC2)ccc1C(=O)O. The van der Waals surface area contributed by atoms with Gasteiger partial charge in [-0.25, -0.2) is 4.79 Å². The number of piperidine rings is 1. The lowest BCUT2D eigenvalue weighted by atomic mass is 10.0. The molecule has 3 aromatic rings. The topological polar surface area (TPSA) is 75.8 Å². The Morgan fingerprint density at radius 1 is 1.15 bits per heavy atom. The lowest BCUT2D eigenvalue weighted by molar-refractivity contribution is 0.0246. The molecular formula is C26H26Cl2N2O4. The minimum atomic E-state index is -0.895. The van der Waals surface area contributed by atoms with Gasteiger partial charge in [0.25, 0.3) is 0 Å². The van der Waals surface area contributed by atoms with E-state index in [1.165, 1.54) is 0 Å². The molecule has 0 atom stereocenters. The summed E-state index contributed by atoms with van der Waals surface area (Å²) in [5, 5.41) is 14.7. The van der Waals surface area contributed by atoms with Crippen LogP contribution in [0.1, 0.15) is 58.8 Å². The largest absolute Gasteiger partial charge is 0.478 e. The van der Waals surface area contributed by atoms with Gasteiger partial charge in [-0.1, -0.05) is 34.4 Å². The van der Waals surface area contributed by atoms with Crippen molar-refractivity contribution >= 4 is 34.9 Å². The number of aromatic carboxylic acids is 1. The number of nitrogens with zero attached hydrogens (tertiary/aromatic N) is 2. The van der Waals surface area contributed by atoms with Crippen LogP contribution in [0.25, 0.3) is 11.3 Å². The lowest BCUT2D eigenvalue weighted by Gasteiger charge is -2.33. The summed E-state index contributed by atoms with van der Waals surface area (Å²) < 4.78 is 12.1. The van der Waals surface area contributed by atoms with Crippen LogP contribution in [0, 0.1) is 6.92 Å². The highest BCUT2D eigenvalue weighted by Crippen LogP contribution is 2.46. The number of ether oxygens (including phenoxy) is 1. The lowest BCUT2D eigenvalue weighted by Crippen LogP contribution is -2.37. The maximum Gasteiger partial charge on any atom is 0.335 e. The zero-order valence-corrected chi connectivity index (χ0v) is 20.4. The molecule has 0 unspecified atom stereocenters. The first-order valence-electron chi connectivity index (χ1n) is 11.6. The van der Waals surface area contributed by atoms with Crippen molar-refractivity contribution in [3.63, 3.8) is 0 Å². The predicted octanol–water partition coefficient (Wildman–Crippen LogP) is 6.72. The van der Waals surface area contributed by atoms with Crippen LogP contribution in [-0.4, -0.2) is 35.4 Å². The summed E-state index contributed by atoms with van der Waals surface area (Å²) in [4.78, 5) is 13.6. The van der Waals surface area contributed by atoms with E-state index in [0.29, 0.717) is 39.4 Å². The monoisotopic (exact) mass is 500 g/mol. The Bertz CT molecular complexity index is 1190. The molecule has 0 spiro atoms. The third-order valence-electron chi connectivity index (χ3n) is 6.68. The summed E-state index contributed by atoms with van der Waals surface area (Å²) in [7, 11) is 0. The highest BCUT2D eigenvalue weighted by atomic mass is 35.5. The van der Waals surface area contributed by atoms with E-state index < -0.39 is 5.97 Å². The number of hydrogen-bond donors (Lipinski definition) is 1. The van der Waals surface area contributed by atoms with Gasteiger partial charge in [0.05, 0.1) is 28.3 Å². The maximum atomic E-state index is 11.3. The molecule has 1 aliphatic carbocycles.